The van der Waals surface area contributed by atoms with Crippen molar-refractivity contribution in [2.24, 2.45) is 4.99 Å². The molecule has 0 aliphatic carbocycles. The molecule has 7 nitrogen and oxygen atoms in total. The normalized spacial score (nSPS) is 11.0. The highest BCUT2D eigenvalue weighted by Gasteiger charge is 2.06. The predicted molar refractivity (Wildman–Crippen MR) is 132 cm³/mol. The van der Waals surface area contributed by atoms with Crippen LogP contribution in [0.25, 0.3) is 0 Å². The summed E-state index contributed by atoms with van der Waals surface area (Å²) in [6.07, 6.45) is 0. The number of carbonyl (C=O) groups excluding carboxylic acids is 1. The Morgan fingerprint density at radius 1 is 1.17 bits per heavy atom. The van der Waals surface area contributed by atoms with E-state index < -0.39 is 0 Å². The van der Waals surface area contributed by atoms with Crippen molar-refractivity contribution in [2.45, 2.75) is 53.8 Å². The van der Waals surface area contributed by atoms with E-state index in [4.69, 9.17) is 0 Å². The van der Waals surface area contributed by atoms with E-state index in [1.54, 1.807) is 11.3 Å². The van der Waals surface area contributed by atoms with E-state index in [-0.39, 0.29) is 36.0 Å². The molecule has 2 aromatic rings. The minimum absolute atomic E-state index is 0. The van der Waals surface area contributed by atoms with Crippen molar-refractivity contribution in [3.8, 4) is 0 Å². The first-order valence-corrected chi connectivity index (χ1v) is 10.3. The third-order valence-corrected chi connectivity index (χ3v) is 4.88. The average Bonchev–Trinajstić information content (AvgIpc) is 2.95. The molecule has 160 valence electrons. The minimum Gasteiger partial charge on any atom is -0.357 e. The van der Waals surface area contributed by atoms with Crippen LogP contribution in [0.15, 0.2) is 29.3 Å². The molecule has 1 aromatic heterocycles. The molecule has 1 aromatic carbocycles. The zero-order valence-corrected chi connectivity index (χ0v) is 20.8. The summed E-state index contributed by atoms with van der Waals surface area (Å²) in [6, 6.07) is 7.60. The highest BCUT2D eigenvalue weighted by Crippen LogP contribution is 2.16. The van der Waals surface area contributed by atoms with Crippen LogP contribution in [0.3, 0.4) is 0 Å². The zero-order valence-electron chi connectivity index (χ0n) is 17.6. The third-order valence-electron chi connectivity index (χ3n) is 3.81. The van der Waals surface area contributed by atoms with Gasteiger partial charge in [0.05, 0.1) is 23.8 Å². The number of thiazole rings is 1. The molecular weight excluding hydrogens is 499 g/mol. The number of halogens is 1. The van der Waals surface area contributed by atoms with E-state index in [0.717, 1.165) is 34.5 Å². The Balaban J connectivity index is 0.00000420. The molecule has 0 aliphatic heterocycles. The average molecular weight is 530 g/mol. The lowest BCUT2D eigenvalue weighted by molar-refractivity contribution is 0.250. The molecule has 0 fully saturated rings. The zero-order chi connectivity index (χ0) is 20.5. The van der Waals surface area contributed by atoms with Gasteiger partial charge >= 0.3 is 6.03 Å². The van der Waals surface area contributed by atoms with Gasteiger partial charge in [-0.15, -0.1) is 35.3 Å². The van der Waals surface area contributed by atoms with Gasteiger partial charge in [-0.05, 0) is 52.3 Å². The van der Waals surface area contributed by atoms with Gasteiger partial charge in [0.15, 0.2) is 5.96 Å². The number of hydrogen-bond donors (Lipinski definition) is 4. The highest BCUT2D eigenvalue weighted by atomic mass is 127. The Morgan fingerprint density at radius 3 is 2.41 bits per heavy atom. The van der Waals surface area contributed by atoms with Gasteiger partial charge in [-0.1, -0.05) is 12.1 Å². The van der Waals surface area contributed by atoms with Crippen molar-refractivity contribution in [1.82, 2.24) is 20.9 Å². The summed E-state index contributed by atoms with van der Waals surface area (Å²) in [7, 11) is 0. The number of benzene rings is 1. The Bertz CT molecular complexity index is 804. The topological polar surface area (TPSA) is 90.4 Å². The maximum Gasteiger partial charge on any atom is 0.319 e. The number of urea groups is 1. The number of guanidine groups is 1. The number of amides is 2. The minimum atomic E-state index is -0.201. The second kappa shape index (κ2) is 12.6. The van der Waals surface area contributed by atoms with Crippen LogP contribution >= 0.6 is 35.3 Å². The molecule has 0 spiro atoms. The fourth-order valence-corrected chi connectivity index (χ4v) is 3.41. The summed E-state index contributed by atoms with van der Waals surface area (Å²) < 4.78 is 0. The van der Waals surface area contributed by atoms with Gasteiger partial charge in [-0.2, -0.15) is 0 Å². The molecule has 2 amide bonds. The number of anilines is 1. The van der Waals surface area contributed by atoms with Crippen LogP contribution in [0.1, 0.15) is 41.9 Å². The summed E-state index contributed by atoms with van der Waals surface area (Å²) in [5.41, 5.74) is 2.89. The maximum absolute atomic E-state index is 11.7. The summed E-state index contributed by atoms with van der Waals surface area (Å²) in [5, 5.41) is 13.3. The van der Waals surface area contributed by atoms with E-state index in [1.165, 1.54) is 4.88 Å². The molecule has 4 N–H and O–H groups in total. The molecule has 0 saturated heterocycles. The molecule has 0 saturated carbocycles. The van der Waals surface area contributed by atoms with Crippen LogP contribution in [0.5, 0.6) is 0 Å². The molecule has 9 heteroatoms. The lowest BCUT2D eigenvalue weighted by Crippen LogP contribution is -2.36. The van der Waals surface area contributed by atoms with Crippen molar-refractivity contribution in [2.75, 3.05) is 11.9 Å². The predicted octanol–water partition coefficient (Wildman–Crippen LogP) is 4.16. The standard InChI is InChI=1S/C20H30N6OS.HI/c1-6-21-19(23-12-18-14(4)25-15(5)28-18)22-11-16-7-9-17(10-8-16)26-20(27)24-13(2)3;/h7-10,13H,6,11-12H2,1-5H3,(H2,21,22,23)(H2,24,26,27);1H. The van der Waals surface area contributed by atoms with E-state index in [0.29, 0.717) is 13.1 Å². The van der Waals surface area contributed by atoms with Crippen molar-refractivity contribution >= 4 is 53.0 Å². The third kappa shape index (κ3) is 8.99. The van der Waals surface area contributed by atoms with Gasteiger partial charge < -0.3 is 21.3 Å². The number of aromatic nitrogens is 1. The number of hydrogen-bond acceptors (Lipinski definition) is 4. The monoisotopic (exact) mass is 530 g/mol. The fraction of sp³-hybridized carbons (Fsp3) is 0.450. The summed E-state index contributed by atoms with van der Waals surface area (Å²) in [6.45, 7) is 12.0. The van der Waals surface area contributed by atoms with Crippen LogP contribution in [-0.4, -0.2) is 29.6 Å². The lowest BCUT2D eigenvalue weighted by atomic mass is 10.2. The number of rotatable bonds is 7. The molecule has 2 rings (SSSR count). The first kappa shape index (κ1) is 25.2. The molecular formula is C20H31IN6OS. The molecule has 0 radical (unpaired) electrons. The van der Waals surface area contributed by atoms with E-state index in [2.05, 4.69) is 31.2 Å². The number of aryl methyl sites for hydroxylation is 2. The van der Waals surface area contributed by atoms with Crippen LogP contribution in [0, 0.1) is 13.8 Å². The van der Waals surface area contributed by atoms with Crippen molar-refractivity contribution in [1.29, 1.82) is 0 Å². The largest absolute Gasteiger partial charge is 0.357 e. The highest BCUT2D eigenvalue weighted by molar-refractivity contribution is 14.0. The molecule has 1 heterocycles. The molecule has 0 unspecified atom stereocenters. The number of carbonyl (C=O) groups is 1. The van der Waals surface area contributed by atoms with Crippen LogP contribution in [-0.2, 0) is 13.1 Å². The van der Waals surface area contributed by atoms with Gasteiger partial charge in [0.2, 0.25) is 0 Å². The summed E-state index contributed by atoms with van der Waals surface area (Å²) in [5.74, 6) is 0.770. The second-order valence-corrected chi connectivity index (χ2v) is 8.03. The summed E-state index contributed by atoms with van der Waals surface area (Å²) >= 11 is 1.70. The van der Waals surface area contributed by atoms with Crippen molar-refractivity contribution < 1.29 is 4.79 Å². The van der Waals surface area contributed by atoms with Crippen molar-refractivity contribution in [3.05, 3.63) is 45.4 Å². The van der Waals surface area contributed by atoms with E-state index in [1.807, 2.05) is 58.9 Å². The SMILES string of the molecule is CCNC(=NCc1ccc(NC(=O)NC(C)C)cc1)NCc1sc(C)nc1C.I. The van der Waals surface area contributed by atoms with Gasteiger partial charge in [-0.25, -0.2) is 14.8 Å². The number of nitrogens with zero attached hydrogens (tertiary/aromatic N) is 2. The smallest absolute Gasteiger partial charge is 0.319 e. The Kier molecular flexibility index (Phi) is 11.0. The van der Waals surface area contributed by atoms with E-state index >= 15 is 0 Å². The quantitative estimate of drug-likeness (QED) is 0.246. The molecule has 0 atom stereocenters. The van der Waals surface area contributed by atoms with Gasteiger partial charge in [0.25, 0.3) is 0 Å². The Labute approximate surface area is 194 Å². The summed E-state index contributed by atoms with van der Waals surface area (Å²) in [4.78, 5) is 22.1. The number of aliphatic imine (C=N–C) groups is 1. The molecule has 0 bridgehead atoms. The van der Waals surface area contributed by atoms with Gasteiger partial charge in [0.1, 0.15) is 0 Å². The number of nitrogens with one attached hydrogen (secondary N) is 4. The lowest BCUT2D eigenvalue weighted by Gasteiger charge is -2.11. The maximum atomic E-state index is 11.7. The Hall–Kier alpha value is -1.88. The Morgan fingerprint density at radius 2 is 1.86 bits per heavy atom. The molecule has 0 aliphatic rings. The fourth-order valence-electron chi connectivity index (χ4n) is 2.54. The van der Waals surface area contributed by atoms with Crippen molar-refractivity contribution in [3.63, 3.8) is 0 Å². The first-order valence-electron chi connectivity index (χ1n) is 9.49. The first-order chi connectivity index (χ1) is 13.4. The van der Waals surface area contributed by atoms with E-state index in [9.17, 15) is 4.79 Å². The van der Waals surface area contributed by atoms with Gasteiger partial charge in [-0.3, -0.25) is 0 Å². The van der Waals surface area contributed by atoms with Crippen LogP contribution in [0.2, 0.25) is 0 Å². The van der Waals surface area contributed by atoms with Crippen LogP contribution in [0.4, 0.5) is 10.5 Å². The van der Waals surface area contributed by atoms with Gasteiger partial charge in [0, 0.05) is 23.2 Å². The molecule has 29 heavy (non-hydrogen) atoms. The second-order valence-electron chi connectivity index (χ2n) is 6.74. The van der Waals surface area contributed by atoms with Crippen LogP contribution < -0.4 is 21.3 Å².